The molecule has 0 bridgehead atoms. The monoisotopic (exact) mass is 423 g/mol. The van der Waals surface area contributed by atoms with Crippen LogP contribution in [0.15, 0.2) is 43.0 Å². The minimum Gasteiger partial charge on any atom is -0.496 e. The Balaban J connectivity index is 1.39. The summed E-state index contributed by atoms with van der Waals surface area (Å²) < 4.78 is 9.82. The molecule has 2 aromatic heterocycles. The second-order valence-corrected chi connectivity index (χ2v) is 8.57. The van der Waals surface area contributed by atoms with E-state index in [0.717, 1.165) is 68.4 Å². The molecule has 1 aromatic carbocycles. The van der Waals surface area contributed by atoms with Gasteiger partial charge < -0.3 is 19.0 Å². The number of hydrogen-bond donors (Lipinski definition) is 1. The van der Waals surface area contributed by atoms with Crippen LogP contribution in [0.4, 0.5) is 0 Å². The quantitative estimate of drug-likeness (QED) is 0.603. The van der Waals surface area contributed by atoms with Gasteiger partial charge in [0.1, 0.15) is 17.4 Å². The van der Waals surface area contributed by atoms with Gasteiger partial charge in [0.25, 0.3) is 0 Å². The van der Waals surface area contributed by atoms with Gasteiger partial charge in [-0.05, 0) is 37.5 Å². The molecule has 166 valence electrons. The summed E-state index contributed by atoms with van der Waals surface area (Å²) in [4.78, 5) is 11.1. The van der Waals surface area contributed by atoms with Crippen molar-refractivity contribution < 1.29 is 9.84 Å². The van der Waals surface area contributed by atoms with Crippen LogP contribution in [0.2, 0.25) is 0 Å². The molecular weight excluding hydrogens is 390 g/mol. The molecule has 1 saturated heterocycles. The van der Waals surface area contributed by atoms with E-state index in [4.69, 9.17) is 4.74 Å². The summed E-state index contributed by atoms with van der Waals surface area (Å²) in [6, 6.07) is 6.43. The normalized spacial score (nSPS) is 16.5. The third-order valence-electron chi connectivity index (χ3n) is 6.38. The standard InChI is InChI=1S/C24H33N5O2/c1-4-23-26-10-14-29(23)18-24(30)7-11-27(12-8-24)16-20-5-6-22(31-3)21(15-20)17-28-13-9-25-19(28)2/h5-6,9-10,13-15,30H,4,7-8,11-12,16-18H2,1-3H3. The Morgan fingerprint density at radius 3 is 2.48 bits per heavy atom. The van der Waals surface area contributed by atoms with Crippen LogP contribution >= 0.6 is 0 Å². The summed E-state index contributed by atoms with van der Waals surface area (Å²) >= 11 is 0. The predicted octanol–water partition coefficient (Wildman–Crippen LogP) is 3.03. The predicted molar refractivity (Wildman–Crippen MR) is 120 cm³/mol. The van der Waals surface area contributed by atoms with Gasteiger partial charge in [-0.1, -0.05) is 13.0 Å². The van der Waals surface area contributed by atoms with Crippen molar-refractivity contribution in [3.05, 3.63) is 65.8 Å². The third-order valence-corrected chi connectivity index (χ3v) is 6.38. The first-order chi connectivity index (χ1) is 15.0. The molecule has 1 aliphatic heterocycles. The van der Waals surface area contributed by atoms with Crippen molar-refractivity contribution >= 4 is 0 Å². The molecule has 3 heterocycles. The van der Waals surface area contributed by atoms with Gasteiger partial charge in [-0.3, -0.25) is 4.90 Å². The van der Waals surface area contributed by atoms with E-state index in [-0.39, 0.29) is 0 Å². The molecule has 0 amide bonds. The summed E-state index contributed by atoms with van der Waals surface area (Å²) in [6.45, 7) is 8.12. The van der Waals surface area contributed by atoms with Crippen LogP contribution in [0.1, 0.15) is 42.5 Å². The molecule has 0 radical (unpaired) electrons. The molecule has 3 aromatic rings. The van der Waals surface area contributed by atoms with Crippen LogP contribution in [0.25, 0.3) is 0 Å². The lowest BCUT2D eigenvalue weighted by Gasteiger charge is -2.38. The number of hydrogen-bond acceptors (Lipinski definition) is 5. The number of aromatic nitrogens is 4. The average molecular weight is 424 g/mol. The molecule has 0 atom stereocenters. The lowest BCUT2D eigenvalue weighted by Crippen LogP contribution is -2.46. The molecule has 0 unspecified atom stereocenters. The number of aryl methyl sites for hydroxylation is 2. The Kier molecular flexibility index (Phi) is 6.43. The van der Waals surface area contributed by atoms with Crippen molar-refractivity contribution in [3.8, 4) is 5.75 Å². The fraction of sp³-hybridized carbons (Fsp3) is 0.500. The van der Waals surface area contributed by atoms with Crippen LogP contribution in [0.5, 0.6) is 5.75 Å². The van der Waals surface area contributed by atoms with Crippen molar-refractivity contribution in [2.75, 3.05) is 20.2 Å². The first kappa shape index (κ1) is 21.6. The highest BCUT2D eigenvalue weighted by molar-refractivity contribution is 5.37. The fourth-order valence-corrected chi connectivity index (χ4v) is 4.47. The molecule has 0 aliphatic carbocycles. The summed E-state index contributed by atoms with van der Waals surface area (Å²) in [6.07, 6.45) is 10.0. The van der Waals surface area contributed by atoms with E-state index >= 15 is 0 Å². The van der Waals surface area contributed by atoms with Gasteiger partial charge in [-0.25, -0.2) is 9.97 Å². The van der Waals surface area contributed by atoms with Crippen LogP contribution in [-0.4, -0.2) is 54.9 Å². The lowest BCUT2D eigenvalue weighted by atomic mass is 9.91. The maximum absolute atomic E-state index is 11.1. The van der Waals surface area contributed by atoms with E-state index in [9.17, 15) is 5.11 Å². The number of piperidine rings is 1. The molecule has 0 spiro atoms. The van der Waals surface area contributed by atoms with Gasteiger partial charge in [0.05, 0.1) is 25.8 Å². The van der Waals surface area contributed by atoms with E-state index in [2.05, 4.69) is 49.1 Å². The number of imidazole rings is 2. The second kappa shape index (κ2) is 9.24. The number of benzene rings is 1. The van der Waals surface area contributed by atoms with Gasteiger partial charge in [-0.15, -0.1) is 0 Å². The molecule has 1 aliphatic rings. The van der Waals surface area contributed by atoms with Crippen molar-refractivity contribution in [2.45, 2.75) is 58.3 Å². The van der Waals surface area contributed by atoms with Crippen molar-refractivity contribution in [3.63, 3.8) is 0 Å². The number of rotatable bonds is 8. The largest absolute Gasteiger partial charge is 0.496 e. The summed E-state index contributed by atoms with van der Waals surface area (Å²) in [5.74, 6) is 2.93. The van der Waals surface area contributed by atoms with E-state index in [0.29, 0.717) is 6.54 Å². The van der Waals surface area contributed by atoms with Gasteiger partial charge in [0, 0.05) is 56.4 Å². The average Bonchev–Trinajstić information content (AvgIpc) is 3.38. The van der Waals surface area contributed by atoms with Crippen LogP contribution in [-0.2, 0) is 26.1 Å². The molecule has 7 heteroatoms. The minimum atomic E-state index is -0.662. The van der Waals surface area contributed by atoms with Crippen molar-refractivity contribution in [1.82, 2.24) is 24.0 Å². The van der Waals surface area contributed by atoms with Crippen LogP contribution in [0.3, 0.4) is 0 Å². The Labute approximate surface area is 184 Å². The topological polar surface area (TPSA) is 68.3 Å². The smallest absolute Gasteiger partial charge is 0.123 e. The fourth-order valence-electron chi connectivity index (χ4n) is 4.47. The maximum atomic E-state index is 11.1. The number of likely N-dealkylation sites (tertiary alicyclic amines) is 1. The lowest BCUT2D eigenvalue weighted by molar-refractivity contribution is -0.0362. The maximum Gasteiger partial charge on any atom is 0.123 e. The Morgan fingerprint density at radius 2 is 1.81 bits per heavy atom. The Hall–Kier alpha value is -2.64. The minimum absolute atomic E-state index is 0.626. The first-order valence-electron chi connectivity index (χ1n) is 11.1. The third kappa shape index (κ3) is 4.99. The number of ether oxygens (including phenoxy) is 1. The second-order valence-electron chi connectivity index (χ2n) is 8.57. The van der Waals surface area contributed by atoms with E-state index in [1.54, 1.807) is 7.11 Å². The van der Waals surface area contributed by atoms with Gasteiger partial charge in [0.2, 0.25) is 0 Å². The highest BCUT2D eigenvalue weighted by Gasteiger charge is 2.33. The molecule has 4 rings (SSSR count). The molecular formula is C24H33N5O2. The van der Waals surface area contributed by atoms with Crippen LogP contribution in [0, 0.1) is 6.92 Å². The molecule has 1 fully saturated rings. The summed E-state index contributed by atoms with van der Waals surface area (Å²) in [5, 5.41) is 11.1. The first-order valence-corrected chi connectivity index (χ1v) is 11.1. The highest BCUT2D eigenvalue weighted by atomic mass is 16.5. The zero-order valence-electron chi connectivity index (χ0n) is 18.8. The SMILES string of the molecule is CCc1nccn1CC1(O)CCN(Cc2ccc(OC)c(Cn3ccnc3C)c2)CC1. The highest BCUT2D eigenvalue weighted by Crippen LogP contribution is 2.27. The van der Waals surface area contributed by atoms with E-state index < -0.39 is 5.60 Å². The van der Waals surface area contributed by atoms with E-state index in [1.165, 1.54) is 5.56 Å². The Bertz CT molecular complexity index is 1000. The zero-order chi connectivity index (χ0) is 21.8. The van der Waals surface area contributed by atoms with E-state index in [1.807, 2.05) is 31.7 Å². The van der Waals surface area contributed by atoms with Crippen LogP contribution < -0.4 is 4.74 Å². The van der Waals surface area contributed by atoms with Gasteiger partial charge in [-0.2, -0.15) is 0 Å². The summed E-state index contributed by atoms with van der Waals surface area (Å²) in [7, 11) is 1.72. The van der Waals surface area contributed by atoms with Gasteiger partial charge >= 0.3 is 0 Å². The van der Waals surface area contributed by atoms with Crippen molar-refractivity contribution in [2.24, 2.45) is 0 Å². The summed E-state index contributed by atoms with van der Waals surface area (Å²) in [5.41, 5.74) is 1.76. The molecule has 7 nitrogen and oxygen atoms in total. The van der Waals surface area contributed by atoms with Gasteiger partial charge in [0.15, 0.2) is 0 Å². The Morgan fingerprint density at radius 1 is 1.06 bits per heavy atom. The van der Waals surface area contributed by atoms with Crippen molar-refractivity contribution in [1.29, 1.82) is 0 Å². The number of methoxy groups -OCH3 is 1. The molecule has 0 saturated carbocycles. The molecule has 1 N–H and O–H groups in total. The molecule has 31 heavy (non-hydrogen) atoms. The number of aliphatic hydroxyl groups is 1. The number of nitrogens with zero attached hydrogens (tertiary/aromatic N) is 5. The zero-order valence-corrected chi connectivity index (χ0v) is 18.8.